The van der Waals surface area contributed by atoms with Crippen molar-refractivity contribution in [3.8, 4) is 0 Å². The van der Waals surface area contributed by atoms with E-state index in [4.69, 9.17) is 0 Å². The number of aryl methyl sites for hydroxylation is 1. The molecule has 0 radical (unpaired) electrons. The van der Waals surface area contributed by atoms with E-state index in [2.05, 4.69) is 37.8 Å². The molecule has 0 spiro atoms. The van der Waals surface area contributed by atoms with Crippen molar-refractivity contribution >= 4 is 5.91 Å². The van der Waals surface area contributed by atoms with Gasteiger partial charge in [0.2, 0.25) is 5.91 Å². The number of amides is 1. The summed E-state index contributed by atoms with van der Waals surface area (Å²) in [7, 11) is 0. The summed E-state index contributed by atoms with van der Waals surface area (Å²) in [6.07, 6.45) is 6.03. The summed E-state index contributed by atoms with van der Waals surface area (Å²) in [4.78, 5) is 14.5. The molecule has 1 aliphatic carbocycles. The van der Waals surface area contributed by atoms with Crippen LogP contribution in [0.1, 0.15) is 50.2 Å². The molecule has 0 atom stereocenters. The van der Waals surface area contributed by atoms with Gasteiger partial charge in [-0.3, -0.25) is 4.79 Å². The summed E-state index contributed by atoms with van der Waals surface area (Å²) in [5, 5.41) is 0. The van der Waals surface area contributed by atoms with Crippen LogP contribution in [0, 0.1) is 6.92 Å². The molecule has 0 N–H and O–H groups in total. The molecule has 1 aromatic carbocycles. The summed E-state index contributed by atoms with van der Waals surface area (Å²) in [6, 6.07) is 8.85. The van der Waals surface area contributed by atoms with Crippen LogP contribution in [0.5, 0.6) is 0 Å². The molecule has 1 fully saturated rings. The van der Waals surface area contributed by atoms with Gasteiger partial charge in [-0.1, -0.05) is 55.7 Å². The Bertz CT molecular complexity index is 469. The molecule has 2 rings (SSSR count). The monoisotopic (exact) mass is 271 g/mol. The molecular formula is C18H25NO. The van der Waals surface area contributed by atoms with Crippen LogP contribution in [-0.4, -0.2) is 16.8 Å². The zero-order valence-corrected chi connectivity index (χ0v) is 12.7. The van der Waals surface area contributed by atoms with Crippen LogP contribution in [0.2, 0.25) is 0 Å². The van der Waals surface area contributed by atoms with Crippen LogP contribution < -0.4 is 0 Å². The van der Waals surface area contributed by atoms with E-state index in [9.17, 15) is 4.79 Å². The number of hydrogen-bond acceptors (Lipinski definition) is 1. The van der Waals surface area contributed by atoms with E-state index in [0.717, 1.165) is 12.8 Å². The first-order valence-electron chi connectivity index (χ1n) is 7.60. The summed E-state index contributed by atoms with van der Waals surface area (Å²) >= 11 is 0. The topological polar surface area (TPSA) is 20.3 Å². The first-order valence-corrected chi connectivity index (χ1v) is 7.60. The van der Waals surface area contributed by atoms with Gasteiger partial charge in [-0.15, -0.1) is 0 Å². The Balaban J connectivity index is 2.15. The van der Waals surface area contributed by atoms with Crippen LogP contribution in [0.25, 0.3) is 0 Å². The fourth-order valence-electron chi connectivity index (χ4n) is 2.89. The molecular weight excluding hydrogens is 246 g/mol. The minimum Gasteiger partial charge on any atom is -0.332 e. The maximum absolute atomic E-state index is 12.4. The normalized spacial score (nSPS) is 15.9. The zero-order chi connectivity index (χ0) is 14.5. The van der Waals surface area contributed by atoms with E-state index in [-0.39, 0.29) is 5.91 Å². The number of carbonyl (C=O) groups excluding carboxylic acids is 1. The quantitative estimate of drug-likeness (QED) is 0.750. The lowest BCUT2D eigenvalue weighted by Crippen LogP contribution is -2.41. The van der Waals surface area contributed by atoms with Crippen molar-refractivity contribution in [2.45, 2.75) is 58.5 Å². The number of hydrogen-bond donors (Lipinski definition) is 0. The highest BCUT2D eigenvalue weighted by Crippen LogP contribution is 2.25. The van der Waals surface area contributed by atoms with Crippen LogP contribution in [0.4, 0.5) is 0 Å². The lowest BCUT2D eigenvalue weighted by atomic mass is 9.93. The molecule has 20 heavy (non-hydrogen) atoms. The molecule has 108 valence electrons. The fraction of sp³-hybridized carbons (Fsp3) is 0.500. The molecule has 0 heterocycles. The molecule has 1 aromatic rings. The molecule has 1 amide bonds. The van der Waals surface area contributed by atoms with Crippen molar-refractivity contribution in [2.24, 2.45) is 0 Å². The van der Waals surface area contributed by atoms with Gasteiger partial charge in [-0.25, -0.2) is 0 Å². The van der Waals surface area contributed by atoms with Gasteiger partial charge < -0.3 is 4.90 Å². The van der Waals surface area contributed by atoms with Gasteiger partial charge in [0.15, 0.2) is 0 Å². The molecule has 0 aromatic heterocycles. The summed E-state index contributed by atoms with van der Waals surface area (Å²) in [6.45, 7) is 8.44. The maximum atomic E-state index is 12.4. The Morgan fingerprint density at radius 2 is 1.80 bits per heavy atom. The van der Waals surface area contributed by atoms with Gasteiger partial charge in [0.05, 0.1) is 0 Å². The van der Waals surface area contributed by atoms with Gasteiger partial charge in [-0.05, 0) is 32.3 Å². The van der Waals surface area contributed by atoms with Gasteiger partial charge in [0.1, 0.15) is 0 Å². The first-order chi connectivity index (χ1) is 9.58. The lowest BCUT2D eigenvalue weighted by Gasteiger charge is -2.34. The van der Waals surface area contributed by atoms with Gasteiger partial charge >= 0.3 is 0 Å². The van der Waals surface area contributed by atoms with Crippen LogP contribution >= 0.6 is 0 Å². The number of nitrogens with zero attached hydrogens (tertiary/aromatic N) is 1. The van der Waals surface area contributed by atoms with Crippen molar-refractivity contribution in [1.29, 1.82) is 0 Å². The number of rotatable bonds is 4. The van der Waals surface area contributed by atoms with Gasteiger partial charge in [0, 0.05) is 18.2 Å². The second-order valence-electron chi connectivity index (χ2n) is 5.99. The van der Waals surface area contributed by atoms with E-state index in [1.54, 1.807) is 0 Å². The SMILES string of the molecule is C=C(C)C(=O)N(Cc1ccc(C)cc1)C1CCCCC1. The highest BCUT2D eigenvalue weighted by atomic mass is 16.2. The van der Waals surface area contributed by atoms with Crippen LogP contribution in [-0.2, 0) is 11.3 Å². The maximum Gasteiger partial charge on any atom is 0.249 e. The summed E-state index contributed by atoms with van der Waals surface area (Å²) < 4.78 is 0. The minimum atomic E-state index is 0.109. The highest BCUT2D eigenvalue weighted by molar-refractivity contribution is 5.92. The Morgan fingerprint density at radius 1 is 1.20 bits per heavy atom. The number of carbonyl (C=O) groups is 1. The van der Waals surface area contributed by atoms with Crippen molar-refractivity contribution in [3.05, 3.63) is 47.5 Å². The third kappa shape index (κ3) is 3.72. The van der Waals surface area contributed by atoms with Crippen LogP contribution in [0.3, 0.4) is 0 Å². The van der Waals surface area contributed by atoms with Crippen molar-refractivity contribution in [2.75, 3.05) is 0 Å². The van der Waals surface area contributed by atoms with Gasteiger partial charge in [-0.2, -0.15) is 0 Å². The predicted octanol–water partition coefficient (Wildman–Crippen LogP) is 4.23. The third-order valence-corrected chi connectivity index (χ3v) is 4.11. The minimum absolute atomic E-state index is 0.109. The Kier molecular flexibility index (Phi) is 4.99. The van der Waals surface area contributed by atoms with E-state index in [0.29, 0.717) is 18.2 Å². The average molecular weight is 271 g/mol. The Morgan fingerprint density at radius 3 is 2.35 bits per heavy atom. The molecule has 0 aliphatic heterocycles. The Hall–Kier alpha value is -1.57. The van der Waals surface area contributed by atoms with Crippen molar-refractivity contribution in [3.63, 3.8) is 0 Å². The molecule has 0 saturated heterocycles. The molecule has 2 heteroatoms. The molecule has 0 bridgehead atoms. The van der Waals surface area contributed by atoms with Crippen LogP contribution in [0.15, 0.2) is 36.4 Å². The Labute approximate surface area is 122 Å². The highest BCUT2D eigenvalue weighted by Gasteiger charge is 2.25. The summed E-state index contributed by atoms with van der Waals surface area (Å²) in [5.74, 6) is 0.109. The number of benzene rings is 1. The van der Waals surface area contributed by atoms with Gasteiger partial charge in [0.25, 0.3) is 0 Å². The van der Waals surface area contributed by atoms with Crippen molar-refractivity contribution < 1.29 is 4.79 Å². The van der Waals surface area contributed by atoms with Crippen molar-refractivity contribution in [1.82, 2.24) is 4.90 Å². The average Bonchev–Trinajstić information content (AvgIpc) is 2.47. The first kappa shape index (κ1) is 14.8. The predicted molar refractivity (Wildman–Crippen MR) is 83.4 cm³/mol. The lowest BCUT2D eigenvalue weighted by molar-refractivity contribution is -0.130. The molecule has 1 aliphatic rings. The second kappa shape index (κ2) is 6.74. The molecule has 2 nitrogen and oxygen atoms in total. The third-order valence-electron chi connectivity index (χ3n) is 4.11. The standard InChI is InChI=1S/C18H25NO/c1-14(2)18(20)19(17-7-5-4-6-8-17)13-16-11-9-15(3)10-12-16/h9-12,17H,1,4-8,13H2,2-3H3. The van der Waals surface area contributed by atoms with E-state index in [1.807, 2.05) is 11.8 Å². The second-order valence-corrected chi connectivity index (χ2v) is 5.99. The zero-order valence-electron chi connectivity index (χ0n) is 12.7. The van der Waals surface area contributed by atoms with E-state index in [1.165, 1.54) is 30.4 Å². The fourth-order valence-corrected chi connectivity index (χ4v) is 2.89. The smallest absolute Gasteiger partial charge is 0.249 e. The largest absolute Gasteiger partial charge is 0.332 e. The molecule has 0 unspecified atom stereocenters. The van der Waals surface area contributed by atoms with E-state index >= 15 is 0 Å². The van der Waals surface area contributed by atoms with E-state index < -0.39 is 0 Å². The summed E-state index contributed by atoms with van der Waals surface area (Å²) in [5.41, 5.74) is 3.10. The molecule has 1 saturated carbocycles.